The van der Waals surface area contributed by atoms with Crippen LogP contribution in [0.1, 0.15) is 51.9 Å². The van der Waals surface area contributed by atoms with E-state index in [1.807, 2.05) is 18.2 Å². The van der Waals surface area contributed by atoms with E-state index in [1.165, 1.54) is 0 Å². The molecule has 0 heterocycles. The minimum Gasteiger partial charge on any atom is -0.381 e. The molecule has 0 spiro atoms. The number of hydrogen-bond acceptors (Lipinski definition) is 2. The number of ether oxygens (including phenoxy) is 2. The summed E-state index contributed by atoms with van der Waals surface area (Å²) in [5.74, 6) is 0. The van der Waals surface area contributed by atoms with Gasteiger partial charge in [-0.15, -0.1) is 19.7 Å². The number of hydrogen-bond donors (Lipinski definition) is 0. The van der Waals surface area contributed by atoms with Gasteiger partial charge in [-0.25, -0.2) is 0 Å². The Morgan fingerprint density at radius 3 is 1.76 bits per heavy atom. The van der Waals surface area contributed by atoms with Crippen LogP contribution in [-0.4, -0.2) is 26.4 Å². The highest BCUT2D eigenvalue weighted by Gasteiger charge is 2.28. The van der Waals surface area contributed by atoms with E-state index in [2.05, 4.69) is 26.7 Å². The van der Waals surface area contributed by atoms with Gasteiger partial charge < -0.3 is 9.47 Å². The Morgan fingerprint density at radius 2 is 1.38 bits per heavy atom. The van der Waals surface area contributed by atoms with Gasteiger partial charge in [0.1, 0.15) is 0 Å². The zero-order valence-electron chi connectivity index (χ0n) is 13.9. The molecule has 0 aromatic carbocycles. The van der Waals surface area contributed by atoms with E-state index < -0.39 is 0 Å². The van der Waals surface area contributed by atoms with Crippen LogP contribution >= 0.6 is 0 Å². The van der Waals surface area contributed by atoms with Gasteiger partial charge in [0.05, 0.1) is 13.2 Å². The summed E-state index contributed by atoms with van der Waals surface area (Å²) in [4.78, 5) is 0. The quantitative estimate of drug-likeness (QED) is 0.283. The molecule has 0 atom stereocenters. The molecule has 0 aliphatic heterocycles. The first-order valence-electron chi connectivity index (χ1n) is 8.23. The Labute approximate surface area is 131 Å². The summed E-state index contributed by atoms with van der Waals surface area (Å²) in [6.45, 7) is 16.7. The largest absolute Gasteiger partial charge is 0.381 e. The Kier molecular flexibility index (Phi) is 13.5. The van der Waals surface area contributed by atoms with Gasteiger partial charge in [-0.1, -0.05) is 31.6 Å². The fourth-order valence-corrected chi connectivity index (χ4v) is 2.48. The number of allylic oxidation sites excluding steroid dienone is 3. The molecule has 0 amide bonds. The maximum atomic E-state index is 5.89. The van der Waals surface area contributed by atoms with Crippen molar-refractivity contribution >= 4 is 0 Å². The summed E-state index contributed by atoms with van der Waals surface area (Å²) < 4.78 is 11.8. The maximum absolute atomic E-state index is 5.89. The molecule has 122 valence electrons. The molecule has 0 rings (SSSR count). The number of unbranched alkanes of at least 4 members (excludes halogenated alkanes) is 2. The standard InChI is InChI=1S/C19H34O2/c1-5-9-11-15-20-17-19(13-7-3,14-8-4)18-21-16-12-10-6-2/h5-7H,1-3,8-18H2,4H3. The second kappa shape index (κ2) is 14.1. The monoisotopic (exact) mass is 294 g/mol. The third-order valence-electron chi connectivity index (χ3n) is 3.57. The van der Waals surface area contributed by atoms with E-state index in [0.717, 1.165) is 71.4 Å². The number of rotatable bonds is 16. The van der Waals surface area contributed by atoms with E-state index in [1.54, 1.807) is 0 Å². The van der Waals surface area contributed by atoms with Crippen LogP contribution in [0, 0.1) is 5.41 Å². The van der Waals surface area contributed by atoms with Crippen molar-refractivity contribution in [3.05, 3.63) is 38.0 Å². The fraction of sp³-hybridized carbons (Fsp3) is 0.684. The molecule has 0 fully saturated rings. The Balaban J connectivity index is 4.25. The molecule has 0 saturated carbocycles. The van der Waals surface area contributed by atoms with Crippen LogP contribution in [0.25, 0.3) is 0 Å². The summed E-state index contributed by atoms with van der Waals surface area (Å²) in [6.07, 6.45) is 13.2. The molecule has 0 aromatic rings. The van der Waals surface area contributed by atoms with Crippen LogP contribution in [0.15, 0.2) is 38.0 Å². The molecule has 21 heavy (non-hydrogen) atoms. The molecule has 0 bridgehead atoms. The molecule has 0 radical (unpaired) electrons. The van der Waals surface area contributed by atoms with Gasteiger partial charge in [-0.2, -0.15) is 0 Å². The van der Waals surface area contributed by atoms with Gasteiger partial charge >= 0.3 is 0 Å². The molecule has 0 saturated heterocycles. The highest BCUT2D eigenvalue weighted by molar-refractivity contribution is 4.86. The Morgan fingerprint density at radius 1 is 0.857 bits per heavy atom. The van der Waals surface area contributed by atoms with Crippen LogP contribution in [0.4, 0.5) is 0 Å². The second-order valence-electron chi connectivity index (χ2n) is 5.71. The second-order valence-corrected chi connectivity index (χ2v) is 5.71. The van der Waals surface area contributed by atoms with Crippen molar-refractivity contribution in [3.8, 4) is 0 Å². The van der Waals surface area contributed by atoms with Gasteiger partial charge in [-0.3, -0.25) is 0 Å². The first-order valence-corrected chi connectivity index (χ1v) is 8.23. The van der Waals surface area contributed by atoms with Gasteiger partial charge in [-0.05, 0) is 38.5 Å². The zero-order chi connectivity index (χ0) is 15.8. The van der Waals surface area contributed by atoms with E-state index in [0.29, 0.717) is 0 Å². The molecule has 2 nitrogen and oxygen atoms in total. The highest BCUT2D eigenvalue weighted by Crippen LogP contribution is 2.30. The predicted octanol–water partition coefficient (Wildman–Crippen LogP) is 5.31. The highest BCUT2D eigenvalue weighted by atomic mass is 16.5. The van der Waals surface area contributed by atoms with Crippen LogP contribution in [0.3, 0.4) is 0 Å². The average molecular weight is 294 g/mol. The summed E-state index contributed by atoms with van der Waals surface area (Å²) in [6, 6.07) is 0. The lowest BCUT2D eigenvalue weighted by Gasteiger charge is -2.32. The fourth-order valence-electron chi connectivity index (χ4n) is 2.48. The van der Waals surface area contributed by atoms with Crippen LogP contribution in [0.2, 0.25) is 0 Å². The van der Waals surface area contributed by atoms with Crippen LogP contribution in [-0.2, 0) is 9.47 Å². The minimum atomic E-state index is 0.0822. The molecule has 2 heteroatoms. The molecular formula is C19H34O2. The summed E-state index contributed by atoms with van der Waals surface area (Å²) >= 11 is 0. The third-order valence-corrected chi connectivity index (χ3v) is 3.57. The molecule has 0 N–H and O–H groups in total. The average Bonchev–Trinajstić information content (AvgIpc) is 2.47. The van der Waals surface area contributed by atoms with Crippen LogP contribution < -0.4 is 0 Å². The summed E-state index contributed by atoms with van der Waals surface area (Å²) in [7, 11) is 0. The Bertz CT molecular complexity index is 253. The lowest BCUT2D eigenvalue weighted by molar-refractivity contribution is -0.0272. The predicted molar refractivity (Wildman–Crippen MR) is 92.7 cm³/mol. The molecule has 0 unspecified atom stereocenters. The third kappa shape index (κ3) is 10.5. The van der Waals surface area contributed by atoms with E-state index in [9.17, 15) is 0 Å². The smallest absolute Gasteiger partial charge is 0.0547 e. The van der Waals surface area contributed by atoms with Crippen molar-refractivity contribution in [1.29, 1.82) is 0 Å². The molecule has 0 aliphatic rings. The van der Waals surface area contributed by atoms with Crippen molar-refractivity contribution in [2.24, 2.45) is 5.41 Å². The van der Waals surface area contributed by atoms with Gasteiger partial charge in [0.25, 0.3) is 0 Å². The van der Waals surface area contributed by atoms with Crippen molar-refractivity contribution in [1.82, 2.24) is 0 Å². The van der Waals surface area contributed by atoms with E-state index in [-0.39, 0.29) is 5.41 Å². The Hall–Kier alpha value is -0.860. The topological polar surface area (TPSA) is 18.5 Å². The SMILES string of the molecule is C=CCCCOCC(CC=C)(CCC)COCCCC=C. The lowest BCUT2D eigenvalue weighted by Crippen LogP contribution is -2.32. The zero-order valence-corrected chi connectivity index (χ0v) is 13.9. The van der Waals surface area contributed by atoms with Crippen molar-refractivity contribution in [2.75, 3.05) is 26.4 Å². The lowest BCUT2D eigenvalue weighted by atomic mass is 9.81. The summed E-state index contributed by atoms with van der Waals surface area (Å²) in [5.41, 5.74) is 0.0822. The summed E-state index contributed by atoms with van der Waals surface area (Å²) in [5, 5.41) is 0. The van der Waals surface area contributed by atoms with Crippen molar-refractivity contribution in [3.63, 3.8) is 0 Å². The normalized spacial score (nSPS) is 11.3. The van der Waals surface area contributed by atoms with E-state index >= 15 is 0 Å². The maximum Gasteiger partial charge on any atom is 0.0547 e. The van der Waals surface area contributed by atoms with Gasteiger partial charge in [0.2, 0.25) is 0 Å². The van der Waals surface area contributed by atoms with Crippen LogP contribution in [0.5, 0.6) is 0 Å². The van der Waals surface area contributed by atoms with Crippen molar-refractivity contribution in [2.45, 2.75) is 51.9 Å². The molecule has 0 aliphatic carbocycles. The van der Waals surface area contributed by atoms with Crippen molar-refractivity contribution < 1.29 is 9.47 Å². The molecular weight excluding hydrogens is 260 g/mol. The first-order chi connectivity index (χ1) is 10.2. The minimum absolute atomic E-state index is 0.0822. The first kappa shape index (κ1) is 20.1. The van der Waals surface area contributed by atoms with Gasteiger partial charge in [0.15, 0.2) is 0 Å². The van der Waals surface area contributed by atoms with E-state index in [4.69, 9.17) is 9.47 Å². The van der Waals surface area contributed by atoms with Gasteiger partial charge in [0, 0.05) is 18.6 Å². The molecule has 0 aromatic heterocycles.